The molecule has 1 N–H and O–H groups in total. The van der Waals surface area contributed by atoms with E-state index in [4.69, 9.17) is 0 Å². The molecule has 19 heavy (non-hydrogen) atoms. The molecule has 1 unspecified atom stereocenters. The zero-order valence-electron chi connectivity index (χ0n) is 12.7. The van der Waals surface area contributed by atoms with E-state index in [9.17, 15) is 8.42 Å². The van der Waals surface area contributed by atoms with Crippen molar-refractivity contribution in [2.75, 3.05) is 33.2 Å². The van der Waals surface area contributed by atoms with Gasteiger partial charge in [0.2, 0.25) is 0 Å². The molecule has 0 aromatic carbocycles. The molecule has 1 atom stereocenters. The van der Waals surface area contributed by atoms with E-state index < -0.39 is 10.2 Å². The second-order valence-electron chi connectivity index (χ2n) is 5.64. The summed E-state index contributed by atoms with van der Waals surface area (Å²) in [6.45, 7) is 8.72. The average Bonchev–Trinajstić information content (AvgIpc) is 2.36. The van der Waals surface area contributed by atoms with E-state index in [1.165, 1.54) is 0 Å². The molecule has 6 heteroatoms. The lowest BCUT2D eigenvalue weighted by atomic mass is 10.00. The molecular formula is C13H29N3O2S. The highest BCUT2D eigenvalue weighted by Gasteiger charge is 2.34. The monoisotopic (exact) mass is 291 g/mol. The van der Waals surface area contributed by atoms with E-state index in [0.29, 0.717) is 25.6 Å². The first-order valence-electron chi connectivity index (χ1n) is 7.35. The van der Waals surface area contributed by atoms with Crippen LogP contribution in [0.3, 0.4) is 0 Å². The van der Waals surface area contributed by atoms with E-state index in [1.807, 2.05) is 27.8 Å². The summed E-state index contributed by atoms with van der Waals surface area (Å²) in [5.74, 6) is 0.434. The minimum Gasteiger partial charge on any atom is -0.319 e. The Labute approximate surface area is 118 Å². The lowest BCUT2D eigenvalue weighted by molar-refractivity contribution is 0.235. The third-order valence-corrected chi connectivity index (χ3v) is 5.80. The number of nitrogens with zero attached hydrogens (tertiary/aromatic N) is 2. The minimum atomic E-state index is -3.30. The van der Waals surface area contributed by atoms with Crippen LogP contribution in [-0.2, 0) is 10.2 Å². The maximum Gasteiger partial charge on any atom is 0.282 e. The summed E-state index contributed by atoms with van der Waals surface area (Å²) in [7, 11) is -1.38. The number of rotatable bonds is 7. The van der Waals surface area contributed by atoms with Crippen molar-refractivity contribution in [2.45, 2.75) is 46.1 Å². The highest BCUT2D eigenvalue weighted by atomic mass is 32.2. The molecule has 1 aliphatic heterocycles. The zero-order chi connectivity index (χ0) is 14.5. The molecule has 0 bridgehead atoms. The normalized spacial score (nSPS) is 22.3. The van der Waals surface area contributed by atoms with Crippen LogP contribution in [0.5, 0.6) is 0 Å². The summed E-state index contributed by atoms with van der Waals surface area (Å²) in [5, 5.41) is 3.15. The first-order valence-corrected chi connectivity index (χ1v) is 8.74. The molecule has 1 aliphatic rings. The van der Waals surface area contributed by atoms with Crippen molar-refractivity contribution in [1.82, 2.24) is 13.9 Å². The second kappa shape index (κ2) is 7.57. The van der Waals surface area contributed by atoms with E-state index in [0.717, 1.165) is 25.8 Å². The largest absolute Gasteiger partial charge is 0.319 e. The predicted molar refractivity (Wildman–Crippen MR) is 79.3 cm³/mol. The van der Waals surface area contributed by atoms with Crippen molar-refractivity contribution in [3.8, 4) is 0 Å². The molecule has 1 heterocycles. The van der Waals surface area contributed by atoms with Crippen LogP contribution in [0.25, 0.3) is 0 Å². The first-order chi connectivity index (χ1) is 8.93. The van der Waals surface area contributed by atoms with Crippen LogP contribution in [0.1, 0.15) is 40.0 Å². The molecule has 1 fully saturated rings. The topological polar surface area (TPSA) is 52.7 Å². The van der Waals surface area contributed by atoms with Crippen molar-refractivity contribution < 1.29 is 8.42 Å². The Balaban J connectivity index is 2.79. The summed E-state index contributed by atoms with van der Waals surface area (Å²) in [6.07, 6.45) is 2.93. The first kappa shape index (κ1) is 16.9. The molecule has 0 saturated carbocycles. The van der Waals surface area contributed by atoms with Gasteiger partial charge < -0.3 is 5.32 Å². The fraction of sp³-hybridized carbons (Fsp3) is 1.00. The van der Waals surface area contributed by atoms with Crippen LogP contribution < -0.4 is 5.32 Å². The van der Waals surface area contributed by atoms with Crippen molar-refractivity contribution in [2.24, 2.45) is 5.92 Å². The Morgan fingerprint density at radius 3 is 2.63 bits per heavy atom. The number of nitrogens with one attached hydrogen (secondary N) is 1. The Morgan fingerprint density at radius 2 is 2.11 bits per heavy atom. The maximum atomic E-state index is 12.7. The Hall–Kier alpha value is -0.170. The van der Waals surface area contributed by atoms with Crippen LogP contribution in [0.15, 0.2) is 0 Å². The fourth-order valence-electron chi connectivity index (χ4n) is 2.70. The smallest absolute Gasteiger partial charge is 0.282 e. The van der Waals surface area contributed by atoms with E-state index in [2.05, 4.69) is 5.32 Å². The van der Waals surface area contributed by atoms with Crippen LogP contribution in [0.4, 0.5) is 0 Å². The van der Waals surface area contributed by atoms with Crippen molar-refractivity contribution >= 4 is 10.2 Å². The van der Waals surface area contributed by atoms with Crippen molar-refractivity contribution in [1.29, 1.82) is 0 Å². The third-order valence-electron chi connectivity index (χ3n) is 3.62. The van der Waals surface area contributed by atoms with Gasteiger partial charge >= 0.3 is 0 Å². The van der Waals surface area contributed by atoms with E-state index in [-0.39, 0.29) is 6.04 Å². The highest BCUT2D eigenvalue weighted by Crippen LogP contribution is 2.22. The summed E-state index contributed by atoms with van der Waals surface area (Å²) in [6, 6.07) is 0.0228. The maximum absolute atomic E-state index is 12.7. The summed E-state index contributed by atoms with van der Waals surface area (Å²) >= 11 is 0. The van der Waals surface area contributed by atoms with Gasteiger partial charge in [0.05, 0.1) is 0 Å². The predicted octanol–water partition coefficient (Wildman–Crippen LogP) is 1.28. The fourth-order valence-corrected chi connectivity index (χ4v) is 4.70. The molecule has 0 spiro atoms. The molecule has 0 aliphatic carbocycles. The second-order valence-corrected chi connectivity index (χ2v) is 7.52. The van der Waals surface area contributed by atoms with Gasteiger partial charge in [-0.05, 0) is 52.6 Å². The van der Waals surface area contributed by atoms with Crippen LogP contribution >= 0.6 is 0 Å². The van der Waals surface area contributed by atoms with E-state index in [1.54, 1.807) is 8.61 Å². The summed E-state index contributed by atoms with van der Waals surface area (Å²) in [5.41, 5.74) is 0. The van der Waals surface area contributed by atoms with Gasteiger partial charge in [-0.1, -0.05) is 6.92 Å². The van der Waals surface area contributed by atoms with E-state index >= 15 is 0 Å². The third kappa shape index (κ3) is 4.41. The lowest BCUT2D eigenvalue weighted by Crippen LogP contribution is -2.51. The molecule has 1 rings (SSSR count). The molecule has 114 valence electrons. The van der Waals surface area contributed by atoms with Gasteiger partial charge in [0.25, 0.3) is 10.2 Å². The SMILES string of the molecule is CCCN(C(C)C)S(=O)(=O)N1CCCC(CNC)C1. The van der Waals surface area contributed by atoms with Crippen molar-refractivity contribution in [3.63, 3.8) is 0 Å². The van der Waals surface area contributed by atoms with Crippen LogP contribution in [0, 0.1) is 5.92 Å². The van der Waals surface area contributed by atoms with Gasteiger partial charge in [-0.3, -0.25) is 0 Å². The minimum absolute atomic E-state index is 0.0228. The molecular weight excluding hydrogens is 262 g/mol. The summed E-state index contributed by atoms with van der Waals surface area (Å²) < 4.78 is 28.7. The van der Waals surface area contributed by atoms with Crippen molar-refractivity contribution in [3.05, 3.63) is 0 Å². The molecule has 0 amide bonds. The molecule has 1 saturated heterocycles. The van der Waals surface area contributed by atoms with Gasteiger partial charge in [0, 0.05) is 25.7 Å². The van der Waals surface area contributed by atoms with Gasteiger partial charge in [-0.2, -0.15) is 17.0 Å². The standard InChI is InChI=1S/C13H29N3O2S/c1-5-8-16(12(2)3)19(17,18)15-9-6-7-13(11-15)10-14-4/h12-14H,5-11H2,1-4H3. The summed E-state index contributed by atoms with van der Waals surface area (Å²) in [4.78, 5) is 0. The Bertz CT molecular complexity index is 355. The molecule has 5 nitrogen and oxygen atoms in total. The Kier molecular flexibility index (Phi) is 6.73. The number of hydrogen-bond acceptors (Lipinski definition) is 3. The van der Waals surface area contributed by atoms with Crippen LogP contribution in [0.2, 0.25) is 0 Å². The van der Waals surface area contributed by atoms with Crippen LogP contribution in [-0.4, -0.2) is 56.3 Å². The van der Waals surface area contributed by atoms with Gasteiger partial charge in [-0.25, -0.2) is 0 Å². The number of piperidine rings is 1. The molecule has 0 aromatic heterocycles. The van der Waals surface area contributed by atoms with Gasteiger partial charge in [-0.15, -0.1) is 0 Å². The molecule has 0 radical (unpaired) electrons. The quantitative estimate of drug-likeness (QED) is 0.769. The highest BCUT2D eigenvalue weighted by molar-refractivity contribution is 7.86. The van der Waals surface area contributed by atoms with Gasteiger partial charge in [0.1, 0.15) is 0 Å². The number of hydrogen-bond donors (Lipinski definition) is 1. The zero-order valence-corrected chi connectivity index (χ0v) is 13.5. The average molecular weight is 291 g/mol. The lowest BCUT2D eigenvalue weighted by Gasteiger charge is -2.37. The molecule has 0 aromatic rings. The Morgan fingerprint density at radius 1 is 1.42 bits per heavy atom. The van der Waals surface area contributed by atoms with Gasteiger partial charge in [0.15, 0.2) is 0 Å².